The lowest BCUT2D eigenvalue weighted by Gasteiger charge is -2.21. The van der Waals surface area contributed by atoms with Crippen LogP contribution in [0.15, 0.2) is 66.7 Å². The van der Waals surface area contributed by atoms with Crippen LogP contribution in [0.25, 0.3) is 11.1 Å². The van der Waals surface area contributed by atoms with Crippen LogP contribution in [0.3, 0.4) is 0 Å². The molecule has 2 aromatic carbocycles. The molecule has 4 rings (SSSR count). The Hall–Kier alpha value is -3.21. The number of imide groups is 1. The van der Waals surface area contributed by atoms with Crippen molar-refractivity contribution in [3.8, 4) is 11.1 Å². The summed E-state index contributed by atoms with van der Waals surface area (Å²) in [6.45, 7) is 1.66. The van der Waals surface area contributed by atoms with Crippen molar-refractivity contribution in [3.05, 3.63) is 72.3 Å². The molecule has 29 heavy (non-hydrogen) atoms. The molecule has 0 bridgehead atoms. The Morgan fingerprint density at radius 3 is 2.07 bits per heavy atom. The van der Waals surface area contributed by atoms with E-state index in [4.69, 9.17) is 4.74 Å². The standard InChI is InChI=1S/C24H23NO4/c1-16(25-22(26)20-9-5-6-10-21(20)23(25)27)24(28)29-15-17-11-13-19(14-12-17)18-7-3-2-4-8-18/h2-8,11-14,16,20-21H,9-10,15H2,1H3/t16-,20+,21+/m0/s1. The van der Waals surface area contributed by atoms with Gasteiger partial charge in [0.25, 0.3) is 0 Å². The number of esters is 1. The van der Waals surface area contributed by atoms with Crippen LogP contribution < -0.4 is 0 Å². The Bertz CT molecular complexity index is 923. The van der Waals surface area contributed by atoms with Crippen molar-refractivity contribution in [2.45, 2.75) is 32.4 Å². The first-order valence-corrected chi connectivity index (χ1v) is 9.89. The molecule has 2 aliphatic rings. The zero-order valence-electron chi connectivity index (χ0n) is 16.3. The smallest absolute Gasteiger partial charge is 0.329 e. The van der Waals surface area contributed by atoms with Gasteiger partial charge in [-0.1, -0.05) is 66.7 Å². The second-order valence-electron chi connectivity index (χ2n) is 7.55. The number of carbonyl (C=O) groups excluding carboxylic acids is 3. The summed E-state index contributed by atoms with van der Waals surface area (Å²) in [5, 5.41) is 0. The first kappa shape index (κ1) is 19.1. The molecule has 1 aliphatic heterocycles. The van der Waals surface area contributed by atoms with Gasteiger partial charge in [-0.25, -0.2) is 4.79 Å². The third-order valence-electron chi connectivity index (χ3n) is 5.71. The molecule has 0 N–H and O–H groups in total. The lowest BCUT2D eigenvalue weighted by molar-refractivity contribution is -0.159. The van der Waals surface area contributed by atoms with Gasteiger partial charge in [0.2, 0.25) is 11.8 Å². The number of carbonyl (C=O) groups is 3. The summed E-state index contributed by atoms with van der Waals surface area (Å²) in [5.41, 5.74) is 3.05. The molecule has 5 heteroatoms. The molecule has 3 atom stereocenters. The molecule has 0 unspecified atom stereocenters. The first-order valence-electron chi connectivity index (χ1n) is 9.89. The van der Waals surface area contributed by atoms with Crippen molar-refractivity contribution in [3.63, 3.8) is 0 Å². The molecule has 5 nitrogen and oxygen atoms in total. The number of nitrogens with zero attached hydrogens (tertiary/aromatic N) is 1. The van der Waals surface area contributed by atoms with Crippen LogP contribution in [0.4, 0.5) is 0 Å². The Morgan fingerprint density at radius 1 is 0.931 bits per heavy atom. The number of hydrogen-bond acceptors (Lipinski definition) is 4. The highest BCUT2D eigenvalue weighted by molar-refractivity contribution is 6.08. The van der Waals surface area contributed by atoms with Crippen LogP contribution in [0.5, 0.6) is 0 Å². The summed E-state index contributed by atoms with van der Waals surface area (Å²) < 4.78 is 5.40. The predicted octanol–water partition coefficient (Wildman–Crippen LogP) is 3.74. The zero-order valence-corrected chi connectivity index (χ0v) is 16.3. The Labute approximate surface area is 170 Å². The molecule has 1 aliphatic carbocycles. The fourth-order valence-corrected chi connectivity index (χ4v) is 4.01. The molecule has 2 amide bonds. The third kappa shape index (κ3) is 3.73. The molecule has 2 aromatic rings. The van der Waals surface area contributed by atoms with Crippen molar-refractivity contribution in [2.24, 2.45) is 11.8 Å². The van der Waals surface area contributed by atoms with Gasteiger partial charge in [0.1, 0.15) is 12.6 Å². The van der Waals surface area contributed by atoms with Crippen molar-refractivity contribution in [2.75, 3.05) is 0 Å². The Kier molecular flexibility index (Phi) is 5.30. The molecular weight excluding hydrogens is 366 g/mol. The summed E-state index contributed by atoms with van der Waals surface area (Å²) in [6, 6.07) is 16.9. The molecule has 1 heterocycles. The van der Waals surface area contributed by atoms with E-state index in [1.165, 1.54) is 0 Å². The highest BCUT2D eigenvalue weighted by atomic mass is 16.5. The minimum atomic E-state index is -0.913. The minimum absolute atomic E-state index is 0.100. The fourth-order valence-electron chi connectivity index (χ4n) is 4.01. The maximum absolute atomic E-state index is 12.6. The summed E-state index contributed by atoms with van der Waals surface area (Å²) in [7, 11) is 0. The number of allylic oxidation sites excluding steroid dienone is 2. The molecule has 1 fully saturated rings. The van der Waals surface area contributed by atoms with Gasteiger partial charge >= 0.3 is 5.97 Å². The zero-order chi connectivity index (χ0) is 20.4. The second kappa shape index (κ2) is 8.03. The average molecular weight is 389 g/mol. The van der Waals surface area contributed by atoms with Gasteiger partial charge in [-0.3, -0.25) is 14.5 Å². The molecule has 0 radical (unpaired) electrons. The number of rotatable bonds is 5. The van der Waals surface area contributed by atoms with Crippen molar-refractivity contribution >= 4 is 17.8 Å². The predicted molar refractivity (Wildman–Crippen MR) is 108 cm³/mol. The van der Waals surface area contributed by atoms with E-state index < -0.39 is 12.0 Å². The molecule has 148 valence electrons. The van der Waals surface area contributed by atoms with E-state index in [0.29, 0.717) is 12.8 Å². The van der Waals surface area contributed by atoms with E-state index in [-0.39, 0.29) is 30.3 Å². The van der Waals surface area contributed by atoms with Gasteiger partial charge in [-0.15, -0.1) is 0 Å². The Morgan fingerprint density at radius 2 is 1.48 bits per heavy atom. The number of amides is 2. The van der Waals surface area contributed by atoms with Crippen LogP contribution in [-0.2, 0) is 25.7 Å². The first-order chi connectivity index (χ1) is 14.1. The highest BCUT2D eigenvalue weighted by Crippen LogP contribution is 2.36. The van der Waals surface area contributed by atoms with Crippen molar-refractivity contribution in [1.82, 2.24) is 4.90 Å². The van der Waals surface area contributed by atoms with Gasteiger partial charge in [-0.2, -0.15) is 0 Å². The molecule has 0 saturated carbocycles. The summed E-state index contributed by atoms with van der Waals surface area (Å²) in [5.74, 6) is -1.77. The van der Waals surface area contributed by atoms with E-state index in [0.717, 1.165) is 21.6 Å². The van der Waals surface area contributed by atoms with Gasteiger partial charge in [0.05, 0.1) is 11.8 Å². The largest absolute Gasteiger partial charge is 0.459 e. The van der Waals surface area contributed by atoms with Crippen LogP contribution in [0.2, 0.25) is 0 Å². The topological polar surface area (TPSA) is 63.7 Å². The van der Waals surface area contributed by atoms with Gasteiger partial charge in [0, 0.05) is 0 Å². The van der Waals surface area contributed by atoms with Gasteiger partial charge in [0.15, 0.2) is 0 Å². The quantitative estimate of drug-likeness (QED) is 0.444. The minimum Gasteiger partial charge on any atom is -0.459 e. The van der Waals surface area contributed by atoms with E-state index in [9.17, 15) is 14.4 Å². The monoisotopic (exact) mass is 389 g/mol. The summed E-state index contributed by atoms with van der Waals surface area (Å²) in [6.07, 6.45) is 4.97. The fraction of sp³-hybridized carbons (Fsp3) is 0.292. The van der Waals surface area contributed by atoms with Crippen molar-refractivity contribution in [1.29, 1.82) is 0 Å². The maximum Gasteiger partial charge on any atom is 0.329 e. The lowest BCUT2D eigenvalue weighted by atomic mass is 9.85. The van der Waals surface area contributed by atoms with E-state index in [1.807, 2.05) is 66.7 Å². The third-order valence-corrected chi connectivity index (χ3v) is 5.71. The summed E-state index contributed by atoms with van der Waals surface area (Å²) in [4.78, 5) is 38.8. The van der Waals surface area contributed by atoms with Gasteiger partial charge in [-0.05, 0) is 36.5 Å². The Balaban J connectivity index is 1.37. The van der Waals surface area contributed by atoms with Crippen LogP contribution in [0, 0.1) is 11.8 Å². The lowest BCUT2D eigenvalue weighted by Crippen LogP contribution is -2.44. The molecule has 0 spiro atoms. The maximum atomic E-state index is 12.6. The highest BCUT2D eigenvalue weighted by Gasteiger charge is 2.50. The normalized spacial score (nSPS) is 21.8. The molecule has 1 saturated heterocycles. The van der Waals surface area contributed by atoms with E-state index in [2.05, 4.69) is 0 Å². The van der Waals surface area contributed by atoms with Crippen LogP contribution >= 0.6 is 0 Å². The average Bonchev–Trinajstić information content (AvgIpc) is 3.03. The van der Waals surface area contributed by atoms with E-state index in [1.54, 1.807) is 6.92 Å². The van der Waals surface area contributed by atoms with Crippen LogP contribution in [0.1, 0.15) is 25.3 Å². The molecule has 0 aromatic heterocycles. The van der Waals surface area contributed by atoms with Crippen molar-refractivity contribution < 1.29 is 19.1 Å². The SMILES string of the molecule is C[C@@H](C(=O)OCc1ccc(-c2ccccc2)cc1)N1C(=O)[C@@H]2CC=CC[C@H]2C1=O. The second-order valence-corrected chi connectivity index (χ2v) is 7.55. The van der Waals surface area contributed by atoms with Gasteiger partial charge < -0.3 is 4.74 Å². The molecular formula is C24H23NO4. The number of fused-ring (bicyclic) bond motifs is 1. The number of hydrogen-bond donors (Lipinski definition) is 0. The van der Waals surface area contributed by atoms with Crippen LogP contribution in [-0.4, -0.2) is 28.7 Å². The number of likely N-dealkylation sites (tertiary alicyclic amines) is 1. The van der Waals surface area contributed by atoms with E-state index >= 15 is 0 Å². The summed E-state index contributed by atoms with van der Waals surface area (Å²) >= 11 is 0. The number of benzene rings is 2. The number of ether oxygens (including phenoxy) is 1.